The number of hydrogen-bond acceptors (Lipinski definition) is 4. The lowest BCUT2D eigenvalue weighted by molar-refractivity contribution is 0.303. The fraction of sp³-hybridized carbons (Fsp3) is 0.471. The van der Waals surface area contributed by atoms with E-state index in [1.807, 2.05) is 7.05 Å². The maximum absolute atomic E-state index is 5.96. The summed E-state index contributed by atoms with van der Waals surface area (Å²) in [6, 6.07) is 6.29. The van der Waals surface area contributed by atoms with Gasteiger partial charge < -0.3 is 10.1 Å². The molecule has 2 rings (SSSR count). The molecule has 2 aromatic rings. The van der Waals surface area contributed by atoms with Gasteiger partial charge in [0.1, 0.15) is 17.4 Å². The summed E-state index contributed by atoms with van der Waals surface area (Å²) < 4.78 is 5.96. The molecule has 0 fully saturated rings. The Labute approximate surface area is 131 Å². The summed E-state index contributed by atoms with van der Waals surface area (Å²) in [5.41, 5.74) is 3.61. The Morgan fingerprint density at radius 2 is 2.10 bits per heavy atom. The molecule has 0 radical (unpaired) electrons. The molecule has 0 aliphatic rings. The molecule has 1 aromatic carbocycles. The van der Waals surface area contributed by atoms with Crippen LogP contribution in [0, 0.1) is 13.8 Å². The molecule has 0 unspecified atom stereocenters. The van der Waals surface area contributed by atoms with Crippen molar-refractivity contribution in [3.63, 3.8) is 0 Å². The minimum absolute atomic E-state index is 0.551. The van der Waals surface area contributed by atoms with Crippen molar-refractivity contribution in [2.24, 2.45) is 0 Å². The van der Waals surface area contributed by atoms with Crippen molar-refractivity contribution in [3.8, 4) is 5.75 Å². The fourth-order valence-corrected chi connectivity index (χ4v) is 3.27. The lowest BCUT2D eigenvalue weighted by Gasteiger charge is -2.08. The number of hydrogen-bond donors (Lipinski definition) is 1. The number of nitrogens with zero attached hydrogens (tertiary/aromatic N) is 1. The third-order valence-corrected chi connectivity index (χ3v) is 4.41. The van der Waals surface area contributed by atoms with Crippen LogP contribution in [0.4, 0.5) is 0 Å². The number of thiazole rings is 1. The summed E-state index contributed by atoms with van der Waals surface area (Å²) in [6.45, 7) is 7.78. The summed E-state index contributed by atoms with van der Waals surface area (Å²) >= 11 is 1.75. The smallest absolute Gasteiger partial charge is 0.140 e. The topological polar surface area (TPSA) is 34.1 Å². The molecule has 0 saturated heterocycles. The zero-order chi connectivity index (χ0) is 15.2. The lowest BCUT2D eigenvalue weighted by atomic mass is 10.1. The Kier molecular flexibility index (Phi) is 5.76. The van der Waals surface area contributed by atoms with Crippen LogP contribution in [0.15, 0.2) is 18.2 Å². The summed E-state index contributed by atoms with van der Waals surface area (Å²) in [5, 5.41) is 4.28. The third kappa shape index (κ3) is 4.29. The van der Waals surface area contributed by atoms with E-state index in [0.29, 0.717) is 6.61 Å². The largest absolute Gasteiger partial charge is 0.486 e. The predicted molar refractivity (Wildman–Crippen MR) is 89.1 cm³/mol. The number of aromatic nitrogens is 1. The van der Waals surface area contributed by atoms with E-state index in [1.165, 1.54) is 21.7 Å². The molecule has 21 heavy (non-hydrogen) atoms. The van der Waals surface area contributed by atoms with Gasteiger partial charge in [-0.1, -0.05) is 25.5 Å². The van der Waals surface area contributed by atoms with Crippen molar-refractivity contribution >= 4 is 11.3 Å². The highest BCUT2D eigenvalue weighted by molar-refractivity contribution is 7.11. The highest BCUT2D eigenvalue weighted by Gasteiger charge is 2.11. The van der Waals surface area contributed by atoms with E-state index in [9.17, 15) is 0 Å². The second kappa shape index (κ2) is 7.57. The first-order valence-electron chi connectivity index (χ1n) is 7.46. The summed E-state index contributed by atoms with van der Waals surface area (Å²) in [7, 11) is 1.97. The molecular formula is C17H24N2OS. The Hall–Kier alpha value is -1.39. The van der Waals surface area contributed by atoms with Crippen LogP contribution in [0.2, 0.25) is 0 Å². The third-order valence-electron chi connectivity index (χ3n) is 3.34. The van der Waals surface area contributed by atoms with Crippen molar-refractivity contribution in [1.82, 2.24) is 10.3 Å². The molecule has 0 aliphatic heterocycles. The van der Waals surface area contributed by atoms with E-state index in [4.69, 9.17) is 9.72 Å². The standard InChI is InChI=1S/C17H24N2OS/c1-5-6-14-16(10-18-4)21-17(19-14)11-20-15-9-12(2)7-8-13(15)3/h7-9,18H,5-6,10-11H2,1-4H3. The average molecular weight is 304 g/mol. The highest BCUT2D eigenvalue weighted by Crippen LogP contribution is 2.24. The van der Waals surface area contributed by atoms with E-state index >= 15 is 0 Å². The number of nitrogens with one attached hydrogen (secondary N) is 1. The molecule has 0 bridgehead atoms. The van der Waals surface area contributed by atoms with Crippen molar-refractivity contribution in [2.75, 3.05) is 7.05 Å². The number of aryl methyl sites for hydroxylation is 3. The molecule has 0 aliphatic carbocycles. The van der Waals surface area contributed by atoms with Gasteiger partial charge in [0.2, 0.25) is 0 Å². The van der Waals surface area contributed by atoms with Gasteiger partial charge in [-0.2, -0.15) is 0 Å². The minimum Gasteiger partial charge on any atom is -0.486 e. The van der Waals surface area contributed by atoms with Crippen LogP contribution in [0.5, 0.6) is 5.75 Å². The highest BCUT2D eigenvalue weighted by atomic mass is 32.1. The number of benzene rings is 1. The van der Waals surface area contributed by atoms with Crippen LogP contribution in [0.1, 0.15) is 40.1 Å². The Morgan fingerprint density at radius 1 is 1.29 bits per heavy atom. The van der Waals surface area contributed by atoms with E-state index in [1.54, 1.807) is 11.3 Å². The molecule has 0 saturated carbocycles. The second-order valence-electron chi connectivity index (χ2n) is 5.32. The molecule has 0 amide bonds. The molecular weight excluding hydrogens is 280 g/mol. The monoisotopic (exact) mass is 304 g/mol. The van der Waals surface area contributed by atoms with Gasteiger partial charge in [-0.15, -0.1) is 11.3 Å². The first-order chi connectivity index (χ1) is 10.1. The van der Waals surface area contributed by atoms with Crippen LogP contribution in [0.25, 0.3) is 0 Å². The zero-order valence-corrected chi connectivity index (χ0v) is 14.1. The summed E-state index contributed by atoms with van der Waals surface area (Å²) in [4.78, 5) is 6.07. The average Bonchev–Trinajstić information content (AvgIpc) is 2.83. The first kappa shape index (κ1) is 16.0. The zero-order valence-electron chi connectivity index (χ0n) is 13.3. The maximum atomic E-state index is 5.96. The van der Waals surface area contributed by atoms with Crippen LogP contribution in [-0.4, -0.2) is 12.0 Å². The molecule has 0 atom stereocenters. The van der Waals surface area contributed by atoms with Crippen molar-refractivity contribution in [1.29, 1.82) is 0 Å². The fourth-order valence-electron chi connectivity index (χ4n) is 2.23. The molecule has 1 aromatic heterocycles. The van der Waals surface area contributed by atoms with Gasteiger partial charge in [-0.3, -0.25) is 0 Å². The van der Waals surface area contributed by atoms with Gasteiger partial charge in [0, 0.05) is 11.4 Å². The number of ether oxygens (including phenoxy) is 1. The number of rotatable bonds is 7. The second-order valence-corrected chi connectivity index (χ2v) is 6.48. The van der Waals surface area contributed by atoms with E-state index in [-0.39, 0.29) is 0 Å². The van der Waals surface area contributed by atoms with Gasteiger partial charge >= 0.3 is 0 Å². The van der Waals surface area contributed by atoms with E-state index in [2.05, 4.69) is 44.3 Å². The van der Waals surface area contributed by atoms with Gasteiger partial charge in [0.05, 0.1) is 5.69 Å². The van der Waals surface area contributed by atoms with Gasteiger partial charge in [0.25, 0.3) is 0 Å². The first-order valence-corrected chi connectivity index (χ1v) is 8.27. The molecule has 114 valence electrons. The van der Waals surface area contributed by atoms with Gasteiger partial charge in [-0.25, -0.2) is 4.98 Å². The molecule has 1 N–H and O–H groups in total. The SMILES string of the molecule is CCCc1nc(COc2cc(C)ccc2C)sc1CNC. The predicted octanol–water partition coefficient (Wildman–Crippen LogP) is 4.01. The Bertz CT molecular complexity index is 569. The Balaban J connectivity index is 2.08. The summed E-state index contributed by atoms with van der Waals surface area (Å²) in [5.74, 6) is 0.956. The van der Waals surface area contributed by atoms with Crippen molar-refractivity contribution in [2.45, 2.75) is 46.8 Å². The molecule has 1 heterocycles. The molecule has 4 heteroatoms. The van der Waals surface area contributed by atoms with Crippen LogP contribution >= 0.6 is 11.3 Å². The normalized spacial score (nSPS) is 10.9. The van der Waals surface area contributed by atoms with Crippen LogP contribution < -0.4 is 10.1 Å². The van der Waals surface area contributed by atoms with Crippen molar-refractivity contribution in [3.05, 3.63) is 44.9 Å². The maximum Gasteiger partial charge on any atom is 0.140 e. The van der Waals surface area contributed by atoms with Crippen molar-refractivity contribution < 1.29 is 4.74 Å². The summed E-state index contributed by atoms with van der Waals surface area (Å²) in [6.07, 6.45) is 2.16. The Morgan fingerprint density at radius 3 is 2.81 bits per heavy atom. The lowest BCUT2D eigenvalue weighted by Crippen LogP contribution is -2.05. The van der Waals surface area contributed by atoms with E-state index in [0.717, 1.165) is 30.1 Å². The van der Waals surface area contributed by atoms with Crippen LogP contribution in [-0.2, 0) is 19.6 Å². The molecule has 0 spiro atoms. The van der Waals surface area contributed by atoms with Crippen LogP contribution in [0.3, 0.4) is 0 Å². The van der Waals surface area contributed by atoms with Gasteiger partial charge in [0.15, 0.2) is 0 Å². The minimum atomic E-state index is 0.551. The molecule has 3 nitrogen and oxygen atoms in total. The van der Waals surface area contributed by atoms with Gasteiger partial charge in [-0.05, 0) is 44.5 Å². The van der Waals surface area contributed by atoms with E-state index < -0.39 is 0 Å². The quantitative estimate of drug-likeness (QED) is 0.839.